The second kappa shape index (κ2) is 6.33. The van der Waals surface area contributed by atoms with Crippen molar-refractivity contribution in [1.82, 2.24) is 9.38 Å². The molecule has 0 N–H and O–H groups in total. The fourth-order valence-corrected chi connectivity index (χ4v) is 4.28. The van der Waals surface area contributed by atoms with Crippen LogP contribution in [0.1, 0.15) is 24.3 Å². The summed E-state index contributed by atoms with van der Waals surface area (Å²) >= 11 is 6.21. The van der Waals surface area contributed by atoms with E-state index in [0.717, 1.165) is 53.3 Å². The number of halogens is 1. The van der Waals surface area contributed by atoms with Crippen LogP contribution in [0.15, 0.2) is 66.9 Å². The van der Waals surface area contributed by atoms with Crippen LogP contribution in [0, 0.1) is 0 Å². The molecule has 3 nitrogen and oxygen atoms in total. The van der Waals surface area contributed by atoms with Crippen molar-refractivity contribution in [2.24, 2.45) is 0 Å². The lowest BCUT2D eigenvalue weighted by atomic mass is 9.89. The summed E-state index contributed by atoms with van der Waals surface area (Å²) in [5.41, 5.74) is 4.66. The summed E-state index contributed by atoms with van der Waals surface area (Å²) < 4.78 is 2.22. The quantitative estimate of drug-likeness (QED) is 0.468. The third-order valence-corrected chi connectivity index (χ3v) is 5.70. The molecule has 2 aromatic heterocycles. The van der Waals surface area contributed by atoms with Crippen molar-refractivity contribution >= 4 is 34.0 Å². The lowest BCUT2D eigenvalue weighted by Gasteiger charge is -2.33. The predicted octanol–water partition coefficient (Wildman–Crippen LogP) is 5.52. The zero-order valence-corrected chi connectivity index (χ0v) is 15.2. The topological polar surface area (TPSA) is 20.5 Å². The molecule has 26 heavy (non-hydrogen) atoms. The van der Waals surface area contributed by atoms with E-state index in [1.807, 2.05) is 18.2 Å². The van der Waals surface area contributed by atoms with Gasteiger partial charge in [0.1, 0.15) is 0 Å². The Morgan fingerprint density at radius 1 is 0.885 bits per heavy atom. The maximum atomic E-state index is 6.21. The summed E-state index contributed by atoms with van der Waals surface area (Å²) in [6.45, 7) is 2.05. The Labute approximate surface area is 157 Å². The Hall–Kier alpha value is -2.52. The van der Waals surface area contributed by atoms with Gasteiger partial charge in [0, 0.05) is 24.3 Å². The zero-order chi connectivity index (χ0) is 17.5. The van der Waals surface area contributed by atoms with E-state index in [1.165, 1.54) is 5.56 Å². The first kappa shape index (κ1) is 15.7. The lowest BCUT2D eigenvalue weighted by molar-refractivity contribution is 0.503. The van der Waals surface area contributed by atoms with Crippen molar-refractivity contribution in [1.29, 1.82) is 0 Å². The summed E-state index contributed by atoms with van der Waals surface area (Å²) in [5, 5.41) is 0.727. The van der Waals surface area contributed by atoms with Crippen LogP contribution >= 0.6 is 11.6 Å². The van der Waals surface area contributed by atoms with Crippen molar-refractivity contribution < 1.29 is 0 Å². The predicted molar refractivity (Wildman–Crippen MR) is 108 cm³/mol. The standard InChI is InChI=1S/C22H20ClN3/c23-18-8-9-20-19(15-18)24-22(21-7-4-12-26(20)21)25-13-10-17(11-14-25)16-5-2-1-3-6-16/h1-9,12,15,17H,10-11,13-14H2. The Morgan fingerprint density at radius 3 is 2.50 bits per heavy atom. The van der Waals surface area contributed by atoms with E-state index in [1.54, 1.807) is 0 Å². The highest BCUT2D eigenvalue weighted by Gasteiger charge is 2.23. The van der Waals surface area contributed by atoms with Crippen LogP contribution < -0.4 is 4.90 Å². The number of hydrogen-bond acceptors (Lipinski definition) is 2. The van der Waals surface area contributed by atoms with E-state index in [9.17, 15) is 0 Å². The molecule has 130 valence electrons. The number of rotatable bonds is 2. The van der Waals surface area contributed by atoms with Gasteiger partial charge in [-0.1, -0.05) is 41.9 Å². The molecule has 1 saturated heterocycles. The Morgan fingerprint density at radius 2 is 1.69 bits per heavy atom. The molecule has 1 aliphatic heterocycles. The van der Waals surface area contributed by atoms with Crippen molar-refractivity contribution in [3.63, 3.8) is 0 Å². The van der Waals surface area contributed by atoms with Gasteiger partial charge in [0.05, 0.1) is 16.6 Å². The first-order chi connectivity index (χ1) is 12.8. The van der Waals surface area contributed by atoms with Crippen LogP contribution in [0.4, 0.5) is 5.82 Å². The fraction of sp³-hybridized carbons (Fsp3) is 0.227. The summed E-state index contributed by atoms with van der Waals surface area (Å²) in [4.78, 5) is 7.40. The van der Waals surface area contributed by atoms with E-state index in [-0.39, 0.29) is 0 Å². The van der Waals surface area contributed by atoms with Crippen LogP contribution in [0.25, 0.3) is 16.6 Å². The van der Waals surface area contributed by atoms with Crippen LogP contribution in [-0.2, 0) is 0 Å². The maximum absolute atomic E-state index is 6.21. The van der Waals surface area contributed by atoms with E-state index < -0.39 is 0 Å². The zero-order valence-electron chi connectivity index (χ0n) is 14.5. The molecule has 4 aromatic rings. The number of anilines is 1. The van der Waals surface area contributed by atoms with Crippen LogP contribution in [0.5, 0.6) is 0 Å². The molecule has 3 heterocycles. The highest BCUT2D eigenvalue weighted by Crippen LogP contribution is 2.33. The normalized spacial score (nSPS) is 15.8. The number of benzene rings is 2. The van der Waals surface area contributed by atoms with Gasteiger partial charge in [-0.05, 0) is 54.7 Å². The maximum Gasteiger partial charge on any atom is 0.153 e. The van der Waals surface area contributed by atoms with E-state index >= 15 is 0 Å². The number of piperidine rings is 1. The van der Waals surface area contributed by atoms with Crippen molar-refractivity contribution in [2.45, 2.75) is 18.8 Å². The second-order valence-electron chi connectivity index (χ2n) is 7.00. The minimum absolute atomic E-state index is 0.644. The smallest absolute Gasteiger partial charge is 0.153 e. The van der Waals surface area contributed by atoms with Gasteiger partial charge in [-0.3, -0.25) is 0 Å². The highest BCUT2D eigenvalue weighted by atomic mass is 35.5. The van der Waals surface area contributed by atoms with Crippen LogP contribution in [0.2, 0.25) is 5.02 Å². The van der Waals surface area contributed by atoms with E-state index in [2.05, 4.69) is 58.0 Å². The molecule has 0 aliphatic carbocycles. The summed E-state index contributed by atoms with van der Waals surface area (Å²) in [6, 6.07) is 21.0. The van der Waals surface area contributed by atoms with E-state index in [0.29, 0.717) is 5.92 Å². The van der Waals surface area contributed by atoms with Crippen molar-refractivity contribution in [3.05, 3.63) is 77.4 Å². The number of nitrogens with zero attached hydrogens (tertiary/aromatic N) is 3. The van der Waals surface area contributed by atoms with Crippen molar-refractivity contribution in [3.8, 4) is 0 Å². The van der Waals surface area contributed by atoms with Crippen molar-refractivity contribution in [2.75, 3.05) is 18.0 Å². The average molecular weight is 362 g/mol. The Balaban J connectivity index is 1.50. The molecule has 5 rings (SSSR count). The molecule has 1 aliphatic rings. The van der Waals surface area contributed by atoms with Gasteiger partial charge in [0.2, 0.25) is 0 Å². The molecule has 0 bridgehead atoms. The molecule has 0 amide bonds. The molecule has 0 radical (unpaired) electrons. The Bertz CT molecular complexity index is 1060. The summed E-state index contributed by atoms with van der Waals surface area (Å²) in [7, 11) is 0. The first-order valence-corrected chi connectivity index (χ1v) is 9.53. The molecule has 0 spiro atoms. The van der Waals surface area contributed by atoms with Crippen LogP contribution in [0.3, 0.4) is 0 Å². The van der Waals surface area contributed by atoms with Gasteiger partial charge in [-0.15, -0.1) is 0 Å². The third-order valence-electron chi connectivity index (χ3n) is 5.47. The highest BCUT2D eigenvalue weighted by molar-refractivity contribution is 6.31. The first-order valence-electron chi connectivity index (χ1n) is 9.16. The SMILES string of the molecule is Clc1ccc2c(c1)nc(N1CCC(c3ccccc3)CC1)c1cccn12. The molecule has 4 heteroatoms. The molecular weight excluding hydrogens is 342 g/mol. The number of aromatic nitrogens is 2. The Kier molecular flexibility index (Phi) is 3.83. The number of hydrogen-bond donors (Lipinski definition) is 0. The van der Waals surface area contributed by atoms with E-state index in [4.69, 9.17) is 16.6 Å². The lowest BCUT2D eigenvalue weighted by Crippen LogP contribution is -2.33. The summed E-state index contributed by atoms with van der Waals surface area (Å²) in [6.07, 6.45) is 4.42. The molecule has 1 fully saturated rings. The van der Waals surface area contributed by atoms with Gasteiger partial charge in [-0.2, -0.15) is 0 Å². The number of fused-ring (bicyclic) bond motifs is 3. The van der Waals surface area contributed by atoms with Crippen LogP contribution in [-0.4, -0.2) is 22.5 Å². The molecule has 0 unspecified atom stereocenters. The van der Waals surface area contributed by atoms with Gasteiger partial charge in [0.25, 0.3) is 0 Å². The van der Waals surface area contributed by atoms with Gasteiger partial charge < -0.3 is 9.30 Å². The minimum atomic E-state index is 0.644. The molecular formula is C22H20ClN3. The van der Waals surface area contributed by atoms with Gasteiger partial charge in [-0.25, -0.2) is 4.98 Å². The molecule has 0 saturated carbocycles. The fourth-order valence-electron chi connectivity index (χ4n) is 4.12. The van der Waals surface area contributed by atoms with Gasteiger partial charge >= 0.3 is 0 Å². The minimum Gasteiger partial charge on any atom is -0.355 e. The summed E-state index contributed by atoms with van der Waals surface area (Å²) in [5.74, 6) is 1.71. The second-order valence-corrected chi connectivity index (χ2v) is 7.44. The van der Waals surface area contributed by atoms with Gasteiger partial charge in [0.15, 0.2) is 5.82 Å². The molecule has 2 aromatic carbocycles. The third kappa shape index (κ3) is 2.63. The molecule has 0 atom stereocenters. The largest absolute Gasteiger partial charge is 0.355 e. The average Bonchev–Trinajstić information content (AvgIpc) is 3.18. The monoisotopic (exact) mass is 361 g/mol.